The van der Waals surface area contributed by atoms with Gasteiger partial charge >= 0.3 is 0 Å². The SMILES string of the molecule is C=CC(=O)C[C@H]1COC[C@H]1Nc1ncc2cc(-c3c(Cl)c(OC)cc(OC)c3Cl)nc(C3CCOCC3)c2n1. The van der Waals surface area contributed by atoms with Crippen molar-refractivity contribution in [2.45, 2.75) is 31.2 Å². The first-order valence-electron chi connectivity index (χ1n) is 12.8. The number of ether oxygens (including phenoxy) is 4. The quantitative estimate of drug-likeness (QED) is 0.333. The van der Waals surface area contributed by atoms with E-state index in [1.165, 1.54) is 20.3 Å². The van der Waals surface area contributed by atoms with E-state index in [1.807, 2.05) is 6.07 Å². The van der Waals surface area contributed by atoms with E-state index in [-0.39, 0.29) is 23.7 Å². The molecule has 2 saturated heterocycles. The van der Waals surface area contributed by atoms with E-state index in [1.54, 1.807) is 12.3 Å². The van der Waals surface area contributed by atoms with Gasteiger partial charge in [-0.2, -0.15) is 0 Å². The van der Waals surface area contributed by atoms with Crippen LogP contribution in [0.2, 0.25) is 10.0 Å². The van der Waals surface area contributed by atoms with E-state index < -0.39 is 0 Å². The Labute approximate surface area is 236 Å². The molecule has 0 spiro atoms. The fourth-order valence-electron chi connectivity index (χ4n) is 5.09. The molecule has 11 heteroatoms. The summed E-state index contributed by atoms with van der Waals surface area (Å²) in [5.74, 6) is 1.44. The predicted molar refractivity (Wildman–Crippen MR) is 150 cm³/mol. The van der Waals surface area contributed by atoms with Crippen molar-refractivity contribution in [2.24, 2.45) is 5.92 Å². The lowest BCUT2D eigenvalue weighted by atomic mass is 9.93. The third kappa shape index (κ3) is 5.68. The number of nitrogens with one attached hydrogen (secondary N) is 1. The molecular weight excluding hydrogens is 543 g/mol. The van der Waals surface area contributed by atoms with Gasteiger partial charge in [0.25, 0.3) is 0 Å². The Morgan fingerprint density at radius 2 is 1.82 bits per heavy atom. The molecule has 0 radical (unpaired) electrons. The molecule has 0 unspecified atom stereocenters. The molecule has 2 aromatic heterocycles. The third-order valence-corrected chi connectivity index (χ3v) is 7.99. The van der Waals surface area contributed by atoms with Crippen LogP contribution in [0.1, 0.15) is 30.9 Å². The number of benzene rings is 1. The van der Waals surface area contributed by atoms with Crippen molar-refractivity contribution in [2.75, 3.05) is 46.0 Å². The number of aromatic nitrogens is 3. The lowest BCUT2D eigenvalue weighted by molar-refractivity contribution is -0.115. The molecule has 206 valence electrons. The minimum absolute atomic E-state index is 0.0117. The summed E-state index contributed by atoms with van der Waals surface area (Å²) in [4.78, 5) is 26.5. The van der Waals surface area contributed by atoms with E-state index >= 15 is 0 Å². The number of ketones is 1. The second-order valence-corrected chi connectivity index (χ2v) is 10.4. The molecule has 2 fully saturated rings. The van der Waals surface area contributed by atoms with E-state index in [9.17, 15) is 4.79 Å². The van der Waals surface area contributed by atoms with Crippen molar-refractivity contribution in [3.63, 3.8) is 0 Å². The summed E-state index contributed by atoms with van der Waals surface area (Å²) in [6, 6.07) is 3.43. The number of carbonyl (C=O) groups is 1. The minimum Gasteiger partial charge on any atom is -0.495 e. The molecule has 0 aliphatic carbocycles. The molecule has 5 rings (SSSR count). The molecule has 1 N–H and O–H groups in total. The largest absolute Gasteiger partial charge is 0.495 e. The second-order valence-electron chi connectivity index (χ2n) is 9.62. The number of allylic oxidation sites excluding steroid dienone is 1. The summed E-state index contributed by atoms with van der Waals surface area (Å²) < 4.78 is 22.2. The van der Waals surface area contributed by atoms with Crippen molar-refractivity contribution in [3.8, 4) is 22.8 Å². The normalized spacial score (nSPS) is 19.7. The van der Waals surface area contributed by atoms with Gasteiger partial charge in [0, 0.05) is 54.7 Å². The highest BCUT2D eigenvalue weighted by Gasteiger charge is 2.31. The lowest BCUT2D eigenvalue weighted by Crippen LogP contribution is -2.30. The summed E-state index contributed by atoms with van der Waals surface area (Å²) in [7, 11) is 3.07. The van der Waals surface area contributed by atoms with Crippen molar-refractivity contribution >= 4 is 45.8 Å². The molecule has 2 aliphatic heterocycles. The molecule has 0 amide bonds. The highest BCUT2D eigenvalue weighted by Crippen LogP contribution is 2.46. The molecule has 1 aromatic carbocycles. The van der Waals surface area contributed by atoms with Gasteiger partial charge in [-0.25, -0.2) is 9.97 Å². The molecule has 3 aromatic rings. The number of nitrogens with zero attached hydrogens (tertiary/aromatic N) is 3. The van der Waals surface area contributed by atoms with Crippen LogP contribution in [0.4, 0.5) is 5.95 Å². The van der Waals surface area contributed by atoms with Crippen LogP contribution in [0.5, 0.6) is 11.5 Å². The van der Waals surface area contributed by atoms with Crippen molar-refractivity contribution < 1.29 is 23.7 Å². The molecular formula is C28H30Cl2N4O5. The predicted octanol–water partition coefficient (Wildman–Crippen LogP) is 5.48. The molecule has 0 saturated carbocycles. The van der Waals surface area contributed by atoms with Gasteiger partial charge in [0.2, 0.25) is 5.95 Å². The number of rotatable bonds is 9. The summed E-state index contributed by atoms with van der Waals surface area (Å²) in [5, 5.41) is 4.85. The zero-order valence-electron chi connectivity index (χ0n) is 21.8. The topological polar surface area (TPSA) is 105 Å². The highest BCUT2D eigenvalue weighted by atomic mass is 35.5. The average Bonchev–Trinajstić information content (AvgIpc) is 3.39. The number of pyridine rings is 1. The highest BCUT2D eigenvalue weighted by molar-refractivity contribution is 6.41. The fraction of sp³-hybridized carbons (Fsp3) is 0.429. The smallest absolute Gasteiger partial charge is 0.223 e. The van der Waals surface area contributed by atoms with Gasteiger partial charge in [-0.3, -0.25) is 9.78 Å². The van der Waals surface area contributed by atoms with Crippen LogP contribution >= 0.6 is 23.2 Å². The standard InChI is InChI=1S/C28H30Cl2N4O5/c1-4-18(35)9-17-13-39-14-20(17)33-28-31-12-16-10-19(23-24(29)21(36-2)11-22(37-3)25(23)30)32-26(27(16)34-28)15-5-7-38-8-6-15/h4,10-12,15,17,20H,1,5-9,13-14H2,2-3H3,(H,31,33,34)/t17-,20+/m0/s1. The maximum atomic E-state index is 12.0. The minimum atomic E-state index is -0.0908. The summed E-state index contributed by atoms with van der Waals surface area (Å²) in [6.45, 7) is 5.82. The number of anilines is 1. The van der Waals surface area contributed by atoms with Crippen LogP contribution in [-0.4, -0.2) is 67.4 Å². The fourth-order valence-corrected chi connectivity index (χ4v) is 5.79. The first-order valence-corrected chi connectivity index (χ1v) is 13.5. The molecule has 2 aliphatic rings. The van der Waals surface area contributed by atoms with E-state index in [0.29, 0.717) is 71.6 Å². The average molecular weight is 573 g/mol. The Kier molecular flexibility index (Phi) is 8.52. The maximum absolute atomic E-state index is 12.0. The second kappa shape index (κ2) is 12.0. The van der Waals surface area contributed by atoms with Gasteiger partial charge in [0.1, 0.15) is 11.5 Å². The van der Waals surface area contributed by atoms with Crippen LogP contribution in [-0.2, 0) is 14.3 Å². The van der Waals surface area contributed by atoms with Gasteiger partial charge in [0.05, 0.1) is 60.4 Å². The summed E-state index contributed by atoms with van der Waals surface area (Å²) in [6.07, 6.45) is 5.09. The number of hydrogen-bond donors (Lipinski definition) is 1. The zero-order chi connectivity index (χ0) is 27.5. The molecule has 0 bridgehead atoms. The van der Waals surface area contributed by atoms with E-state index in [2.05, 4.69) is 16.9 Å². The zero-order valence-corrected chi connectivity index (χ0v) is 23.3. The Morgan fingerprint density at radius 1 is 1.10 bits per heavy atom. The van der Waals surface area contributed by atoms with Crippen molar-refractivity contribution in [1.29, 1.82) is 0 Å². The van der Waals surface area contributed by atoms with Gasteiger partial charge < -0.3 is 24.3 Å². The molecule has 4 heterocycles. The number of methoxy groups -OCH3 is 2. The monoisotopic (exact) mass is 572 g/mol. The van der Waals surface area contributed by atoms with Crippen molar-refractivity contribution in [3.05, 3.63) is 46.7 Å². The Morgan fingerprint density at radius 3 is 2.49 bits per heavy atom. The van der Waals surface area contributed by atoms with Gasteiger partial charge in [0.15, 0.2) is 5.78 Å². The van der Waals surface area contributed by atoms with E-state index in [0.717, 1.165) is 29.4 Å². The van der Waals surface area contributed by atoms with Gasteiger partial charge in [-0.05, 0) is 25.0 Å². The van der Waals surface area contributed by atoms with E-state index in [4.69, 9.17) is 52.1 Å². The summed E-state index contributed by atoms with van der Waals surface area (Å²) in [5.41, 5.74) is 2.66. The Hall–Kier alpha value is -2.98. The maximum Gasteiger partial charge on any atom is 0.223 e. The van der Waals surface area contributed by atoms with Gasteiger partial charge in [-0.15, -0.1) is 0 Å². The van der Waals surface area contributed by atoms with Crippen LogP contribution in [0, 0.1) is 5.92 Å². The van der Waals surface area contributed by atoms with Crippen molar-refractivity contribution in [1.82, 2.24) is 15.0 Å². The summed E-state index contributed by atoms with van der Waals surface area (Å²) >= 11 is 13.5. The number of carbonyl (C=O) groups excluding carboxylic acids is 1. The first-order chi connectivity index (χ1) is 18.9. The molecule has 2 atom stereocenters. The number of halogens is 2. The molecule has 39 heavy (non-hydrogen) atoms. The number of hydrogen-bond acceptors (Lipinski definition) is 9. The lowest BCUT2D eigenvalue weighted by Gasteiger charge is -2.24. The Bertz CT molecular complexity index is 1370. The van der Waals surface area contributed by atoms with Gasteiger partial charge in [-0.1, -0.05) is 29.8 Å². The Balaban J connectivity index is 1.59. The first kappa shape index (κ1) is 27.6. The van der Waals surface area contributed by atoms with Crippen LogP contribution in [0.15, 0.2) is 31.0 Å². The molecule has 9 nitrogen and oxygen atoms in total. The van der Waals surface area contributed by atoms with Crippen LogP contribution < -0.4 is 14.8 Å². The number of fused-ring (bicyclic) bond motifs is 1. The third-order valence-electron chi connectivity index (χ3n) is 7.23. The van der Waals surface area contributed by atoms with Crippen LogP contribution in [0.3, 0.4) is 0 Å². The van der Waals surface area contributed by atoms with Crippen LogP contribution in [0.25, 0.3) is 22.2 Å².